The first kappa shape index (κ1) is 20.7. The SMILES string of the molecule is Cc1ccc(-c2cc(N=C(NC(=O)c3ccc(F)cc3)N3CCC[C@H]3CO)n[nH]2)cc1. The summed E-state index contributed by atoms with van der Waals surface area (Å²) in [6.45, 7) is 2.64. The van der Waals surface area contributed by atoms with Gasteiger partial charge in [-0.25, -0.2) is 4.39 Å². The Morgan fingerprint density at radius 2 is 2.00 bits per heavy atom. The summed E-state index contributed by atoms with van der Waals surface area (Å²) in [5, 5.41) is 19.8. The number of aliphatic imine (C=N–C) groups is 1. The molecule has 1 fully saturated rings. The maximum Gasteiger partial charge on any atom is 0.257 e. The Balaban J connectivity index is 1.62. The molecule has 1 amide bonds. The fourth-order valence-electron chi connectivity index (χ4n) is 3.60. The molecule has 0 aliphatic carbocycles. The summed E-state index contributed by atoms with van der Waals surface area (Å²) in [7, 11) is 0. The van der Waals surface area contributed by atoms with Crippen molar-refractivity contribution in [3.63, 3.8) is 0 Å². The quantitative estimate of drug-likeness (QED) is 0.445. The van der Waals surface area contributed by atoms with E-state index in [4.69, 9.17) is 0 Å². The summed E-state index contributed by atoms with van der Waals surface area (Å²) >= 11 is 0. The maximum absolute atomic E-state index is 13.2. The summed E-state index contributed by atoms with van der Waals surface area (Å²) in [4.78, 5) is 19.2. The number of rotatable bonds is 4. The molecule has 2 heterocycles. The minimum absolute atomic E-state index is 0.0411. The molecule has 0 saturated carbocycles. The normalized spacial score (nSPS) is 16.5. The number of nitrogens with one attached hydrogen (secondary N) is 2. The van der Waals surface area contributed by atoms with Gasteiger partial charge in [0.15, 0.2) is 5.82 Å². The van der Waals surface area contributed by atoms with E-state index in [2.05, 4.69) is 20.5 Å². The predicted molar refractivity (Wildman–Crippen MR) is 117 cm³/mol. The lowest BCUT2D eigenvalue weighted by molar-refractivity contribution is 0.0969. The van der Waals surface area contributed by atoms with E-state index in [1.165, 1.54) is 24.3 Å². The molecular weight excluding hydrogens is 397 g/mol. The number of hydrogen-bond acceptors (Lipinski definition) is 4. The highest BCUT2D eigenvalue weighted by molar-refractivity contribution is 6.06. The van der Waals surface area contributed by atoms with Gasteiger partial charge in [-0.05, 0) is 49.6 Å². The number of amides is 1. The molecule has 0 radical (unpaired) electrons. The lowest BCUT2D eigenvalue weighted by Gasteiger charge is -2.26. The van der Waals surface area contributed by atoms with Crippen molar-refractivity contribution in [2.45, 2.75) is 25.8 Å². The van der Waals surface area contributed by atoms with Gasteiger partial charge in [-0.3, -0.25) is 15.2 Å². The van der Waals surface area contributed by atoms with Crippen LogP contribution in [0.15, 0.2) is 59.6 Å². The molecule has 31 heavy (non-hydrogen) atoms. The maximum atomic E-state index is 13.2. The van der Waals surface area contributed by atoms with Gasteiger partial charge in [0.25, 0.3) is 5.91 Å². The van der Waals surface area contributed by atoms with Crippen molar-refractivity contribution in [1.29, 1.82) is 0 Å². The molecule has 2 aromatic carbocycles. The number of aromatic amines is 1. The van der Waals surface area contributed by atoms with Crippen LogP contribution in [0.2, 0.25) is 0 Å². The molecule has 0 spiro atoms. The van der Waals surface area contributed by atoms with Crippen molar-refractivity contribution >= 4 is 17.7 Å². The molecule has 1 atom stereocenters. The third kappa shape index (κ3) is 4.80. The molecule has 7 nitrogen and oxygen atoms in total. The third-order valence-corrected chi connectivity index (χ3v) is 5.34. The minimum atomic E-state index is -0.412. The third-order valence-electron chi connectivity index (χ3n) is 5.34. The minimum Gasteiger partial charge on any atom is -0.394 e. The lowest BCUT2D eigenvalue weighted by atomic mass is 10.1. The van der Waals surface area contributed by atoms with Crippen LogP contribution in [0.3, 0.4) is 0 Å². The fourth-order valence-corrected chi connectivity index (χ4v) is 3.60. The van der Waals surface area contributed by atoms with Gasteiger partial charge in [0.2, 0.25) is 5.96 Å². The van der Waals surface area contributed by atoms with E-state index in [1.807, 2.05) is 36.1 Å². The predicted octanol–water partition coefficient (Wildman–Crippen LogP) is 3.40. The number of carbonyl (C=O) groups is 1. The van der Waals surface area contributed by atoms with Crippen LogP contribution < -0.4 is 5.32 Å². The van der Waals surface area contributed by atoms with E-state index in [0.717, 1.165) is 29.7 Å². The summed E-state index contributed by atoms with van der Waals surface area (Å²) < 4.78 is 13.2. The van der Waals surface area contributed by atoms with Crippen LogP contribution in [0.4, 0.5) is 10.2 Å². The van der Waals surface area contributed by atoms with Gasteiger partial charge in [0, 0.05) is 18.2 Å². The van der Waals surface area contributed by atoms with E-state index in [-0.39, 0.29) is 12.6 Å². The van der Waals surface area contributed by atoms with Crippen molar-refractivity contribution in [3.8, 4) is 11.3 Å². The standard InChI is InChI=1S/C23H24FN5O2/c1-15-4-6-16(7-5-15)20-13-21(28-27-20)25-23(29-12-2-3-19(29)14-30)26-22(31)17-8-10-18(24)11-9-17/h4-11,13,19,30H,2-3,12,14H2,1H3,(H2,25,26,27,28,31)/t19-/m0/s1. The number of aromatic nitrogens is 2. The molecule has 3 N–H and O–H groups in total. The number of carbonyl (C=O) groups excluding carboxylic acids is 1. The molecule has 0 unspecified atom stereocenters. The first-order valence-corrected chi connectivity index (χ1v) is 10.2. The van der Waals surface area contributed by atoms with Gasteiger partial charge >= 0.3 is 0 Å². The van der Waals surface area contributed by atoms with Crippen LogP contribution in [0.25, 0.3) is 11.3 Å². The van der Waals surface area contributed by atoms with Gasteiger partial charge in [-0.1, -0.05) is 29.8 Å². The topological polar surface area (TPSA) is 93.6 Å². The molecule has 1 aromatic heterocycles. The zero-order valence-electron chi connectivity index (χ0n) is 17.2. The van der Waals surface area contributed by atoms with Gasteiger partial charge in [-0.15, -0.1) is 0 Å². The molecule has 160 valence electrons. The number of guanidine groups is 1. The van der Waals surface area contributed by atoms with Gasteiger partial charge < -0.3 is 10.0 Å². The number of nitrogens with zero attached hydrogens (tertiary/aromatic N) is 3. The Labute approximate surface area is 179 Å². The van der Waals surface area contributed by atoms with Crippen molar-refractivity contribution in [1.82, 2.24) is 20.4 Å². The van der Waals surface area contributed by atoms with Crippen LogP contribution in [0.5, 0.6) is 0 Å². The smallest absolute Gasteiger partial charge is 0.257 e. The number of halogens is 1. The van der Waals surface area contributed by atoms with E-state index >= 15 is 0 Å². The zero-order chi connectivity index (χ0) is 21.8. The van der Waals surface area contributed by atoms with Gasteiger partial charge in [0.05, 0.1) is 18.3 Å². The first-order valence-electron chi connectivity index (χ1n) is 10.2. The van der Waals surface area contributed by atoms with E-state index in [9.17, 15) is 14.3 Å². The highest BCUT2D eigenvalue weighted by Crippen LogP contribution is 2.23. The molecule has 1 aliphatic rings. The van der Waals surface area contributed by atoms with Crippen LogP contribution in [0.1, 0.15) is 28.8 Å². The van der Waals surface area contributed by atoms with Crippen molar-refractivity contribution in [2.75, 3.05) is 13.2 Å². The molecule has 1 saturated heterocycles. The summed E-state index contributed by atoms with van der Waals surface area (Å²) in [5.41, 5.74) is 3.27. The Morgan fingerprint density at radius 3 is 2.71 bits per heavy atom. The number of H-pyrrole nitrogens is 1. The van der Waals surface area contributed by atoms with Crippen LogP contribution >= 0.6 is 0 Å². The zero-order valence-corrected chi connectivity index (χ0v) is 17.2. The molecular formula is C23H24FN5O2. The average Bonchev–Trinajstić information content (AvgIpc) is 3.43. The fraction of sp³-hybridized carbons (Fsp3) is 0.261. The highest BCUT2D eigenvalue weighted by atomic mass is 19.1. The van der Waals surface area contributed by atoms with E-state index in [1.54, 1.807) is 6.07 Å². The summed E-state index contributed by atoms with van der Waals surface area (Å²) in [6.07, 6.45) is 1.68. The largest absolute Gasteiger partial charge is 0.394 e. The second-order valence-corrected chi connectivity index (χ2v) is 7.57. The monoisotopic (exact) mass is 421 g/mol. The molecule has 1 aliphatic heterocycles. The molecule has 0 bridgehead atoms. The summed E-state index contributed by atoms with van der Waals surface area (Å²) in [6, 6.07) is 15.0. The number of likely N-dealkylation sites (tertiary alicyclic amines) is 1. The highest BCUT2D eigenvalue weighted by Gasteiger charge is 2.28. The number of aliphatic hydroxyl groups is 1. The van der Waals surface area contributed by atoms with E-state index in [0.29, 0.717) is 23.9 Å². The van der Waals surface area contributed by atoms with Crippen LogP contribution in [-0.2, 0) is 0 Å². The second kappa shape index (κ2) is 9.09. The molecule has 4 rings (SSSR count). The second-order valence-electron chi connectivity index (χ2n) is 7.57. The number of hydrogen-bond donors (Lipinski definition) is 3. The summed E-state index contributed by atoms with van der Waals surface area (Å²) in [5.74, 6) is -0.0940. The number of benzene rings is 2. The Hall–Kier alpha value is -3.52. The Bertz CT molecular complexity index is 1080. The lowest BCUT2D eigenvalue weighted by Crippen LogP contribution is -2.47. The number of aryl methyl sites for hydroxylation is 1. The van der Waals surface area contributed by atoms with Crippen molar-refractivity contribution in [3.05, 3.63) is 71.5 Å². The average molecular weight is 421 g/mol. The van der Waals surface area contributed by atoms with Crippen LogP contribution in [-0.4, -0.2) is 51.3 Å². The number of aliphatic hydroxyl groups excluding tert-OH is 1. The Kier molecular flexibility index (Phi) is 6.08. The molecule has 3 aromatic rings. The van der Waals surface area contributed by atoms with Crippen LogP contribution in [0, 0.1) is 12.7 Å². The van der Waals surface area contributed by atoms with E-state index < -0.39 is 11.7 Å². The van der Waals surface area contributed by atoms with Crippen molar-refractivity contribution < 1.29 is 14.3 Å². The van der Waals surface area contributed by atoms with Gasteiger partial charge in [0.1, 0.15) is 5.82 Å². The molecule has 8 heteroatoms. The van der Waals surface area contributed by atoms with Gasteiger partial charge in [-0.2, -0.15) is 10.1 Å². The van der Waals surface area contributed by atoms with Crippen molar-refractivity contribution in [2.24, 2.45) is 4.99 Å². The first-order chi connectivity index (χ1) is 15.0. The Morgan fingerprint density at radius 1 is 1.26 bits per heavy atom.